The molecule has 1 aliphatic rings. The molecule has 2 amide bonds. The third-order valence-corrected chi connectivity index (χ3v) is 3.83. The molecule has 0 radical (unpaired) electrons. The van der Waals surface area contributed by atoms with Gasteiger partial charge in [-0.1, -0.05) is 0 Å². The molecular weight excluding hydrogens is 266 g/mol. The van der Waals surface area contributed by atoms with Crippen molar-refractivity contribution in [3.05, 3.63) is 41.0 Å². The summed E-state index contributed by atoms with van der Waals surface area (Å²) < 4.78 is 0. The third-order valence-electron chi connectivity index (χ3n) is 3.83. The summed E-state index contributed by atoms with van der Waals surface area (Å²) in [6.07, 6.45) is 4.51. The molecule has 110 valence electrons. The highest BCUT2D eigenvalue weighted by Gasteiger charge is 2.21. The average molecular weight is 285 g/mol. The third kappa shape index (κ3) is 3.04. The molecule has 1 aliphatic carbocycles. The van der Waals surface area contributed by atoms with Gasteiger partial charge in [-0.05, 0) is 50.8 Å². The van der Waals surface area contributed by atoms with Crippen molar-refractivity contribution in [2.75, 3.05) is 5.32 Å². The van der Waals surface area contributed by atoms with Crippen LogP contribution < -0.4 is 10.6 Å². The Bertz CT molecular complexity index is 664. The molecule has 0 saturated carbocycles. The number of pyridine rings is 1. The largest absolute Gasteiger partial charge is 0.335 e. The number of aromatic amines is 1. The first-order chi connectivity index (χ1) is 10.1. The molecule has 1 unspecified atom stereocenters. The topological polar surface area (TPSA) is 82.7 Å². The minimum atomic E-state index is -0.180. The monoisotopic (exact) mass is 285 g/mol. The van der Waals surface area contributed by atoms with E-state index in [0.717, 1.165) is 36.3 Å². The van der Waals surface area contributed by atoms with Crippen LogP contribution >= 0.6 is 0 Å². The number of amides is 2. The Morgan fingerprint density at radius 2 is 2.24 bits per heavy atom. The zero-order valence-electron chi connectivity index (χ0n) is 12.2. The Kier molecular flexibility index (Phi) is 3.60. The molecule has 0 spiro atoms. The number of nitrogens with one attached hydrogen (secondary N) is 3. The highest BCUT2D eigenvalue weighted by Crippen LogP contribution is 2.19. The molecule has 6 nitrogen and oxygen atoms in total. The maximum atomic E-state index is 12.1. The van der Waals surface area contributed by atoms with Crippen LogP contribution in [0.1, 0.15) is 29.1 Å². The van der Waals surface area contributed by atoms with E-state index in [4.69, 9.17) is 0 Å². The van der Waals surface area contributed by atoms with E-state index in [1.54, 1.807) is 0 Å². The number of anilines is 1. The van der Waals surface area contributed by atoms with Crippen molar-refractivity contribution in [2.45, 2.75) is 39.2 Å². The van der Waals surface area contributed by atoms with E-state index in [1.165, 1.54) is 11.3 Å². The second-order valence-corrected chi connectivity index (χ2v) is 5.50. The van der Waals surface area contributed by atoms with Gasteiger partial charge in [0, 0.05) is 17.4 Å². The molecule has 0 aromatic carbocycles. The van der Waals surface area contributed by atoms with E-state index in [1.807, 2.05) is 32.2 Å². The maximum Gasteiger partial charge on any atom is 0.319 e. The van der Waals surface area contributed by atoms with Crippen LogP contribution in [0.5, 0.6) is 0 Å². The van der Waals surface area contributed by atoms with E-state index in [2.05, 4.69) is 25.8 Å². The van der Waals surface area contributed by atoms with Crippen molar-refractivity contribution < 1.29 is 4.79 Å². The molecule has 0 saturated heterocycles. The van der Waals surface area contributed by atoms with Crippen LogP contribution in [0.2, 0.25) is 0 Å². The van der Waals surface area contributed by atoms with Gasteiger partial charge in [0.15, 0.2) is 0 Å². The normalized spacial score (nSPS) is 17.1. The van der Waals surface area contributed by atoms with Crippen molar-refractivity contribution in [1.82, 2.24) is 20.5 Å². The van der Waals surface area contributed by atoms with Gasteiger partial charge in [-0.3, -0.25) is 10.1 Å². The van der Waals surface area contributed by atoms with E-state index >= 15 is 0 Å². The van der Waals surface area contributed by atoms with Crippen molar-refractivity contribution in [2.24, 2.45) is 0 Å². The summed E-state index contributed by atoms with van der Waals surface area (Å²) in [7, 11) is 0. The number of aromatic nitrogens is 3. The quantitative estimate of drug-likeness (QED) is 0.790. The number of carbonyl (C=O) groups is 1. The van der Waals surface area contributed by atoms with Crippen molar-refractivity contribution in [1.29, 1.82) is 0 Å². The lowest BCUT2D eigenvalue weighted by Crippen LogP contribution is -2.41. The first-order valence-electron chi connectivity index (χ1n) is 7.14. The number of rotatable bonds is 2. The van der Waals surface area contributed by atoms with Crippen molar-refractivity contribution >= 4 is 11.7 Å². The molecule has 0 bridgehead atoms. The summed E-state index contributed by atoms with van der Waals surface area (Å²) in [6.45, 7) is 3.82. The summed E-state index contributed by atoms with van der Waals surface area (Å²) >= 11 is 0. The number of H-pyrrole nitrogens is 1. The zero-order valence-corrected chi connectivity index (χ0v) is 12.2. The smallest absolute Gasteiger partial charge is 0.319 e. The fraction of sp³-hybridized carbons (Fsp3) is 0.400. The van der Waals surface area contributed by atoms with E-state index in [9.17, 15) is 4.79 Å². The summed E-state index contributed by atoms with van der Waals surface area (Å²) in [5, 5.41) is 12.9. The van der Waals surface area contributed by atoms with Gasteiger partial charge in [0.1, 0.15) is 0 Å². The second kappa shape index (κ2) is 5.55. The Morgan fingerprint density at radius 1 is 1.38 bits per heavy atom. The van der Waals surface area contributed by atoms with Gasteiger partial charge in [0.2, 0.25) is 0 Å². The molecule has 2 aromatic rings. The van der Waals surface area contributed by atoms with Gasteiger partial charge in [0.05, 0.1) is 17.6 Å². The molecule has 3 N–H and O–H groups in total. The zero-order chi connectivity index (χ0) is 14.8. The van der Waals surface area contributed by atoms with Crippen molar-refractivity contribution in [3.8, 4) is 0 Å². The first kappa shape index (κ1) is 13.6. The molecule has 3 rings (SSSR count). The predicted octanol–water partition coefficient (Wildman–Crippen LogP) is 2.10. The summed E-state index contributed by atoms with van der Waals surface area (Å²) in [5.74, 6) is 0. The lowest BCUT2D eigenvalue weighted by molar-refractivity contribution is 0.247. The van der Waals surface area contributed by atoms with Gasteiger partial charge in [-0.2, -0.15) is 5.10 Å². The standard InChI is InChI=1S/C15H19N5O/c1-9-3-5-13(10(2)17-9)19-15(21)18-12-4-6-14-11(7-12)8-16-20-14/h3,5,8,12H,4,6-7H2,1-2H3,(H,16,20)(H2,18,19,21). The van der Waals surface area contributed by atoms with Gasteiger partial charge < -0.3 is 10.6 Å². The van der Waals surface area contributed by atoms with Crippen molar-refractivity contribution in [3.63, 3.8) is 0 Å². The number of nitrogens with zero attached hydrogens (tertiary/aromatic N) is 2. The predicted molar refractivity (Wildman–Crippen MR) is 80.3 cm³/mol. The lowest BCUT2D eigenvalue weighted by Gasteiger charge is -2.23. The molecule has 2 aromatic heterocycles. The number of hydrogen-bond donors (Lipinski definition) is 3. The molecule has 21 heavy (non-hydrogen) atoms. The SMILES string of the molecule is Cc1ccc(NC(=O)NC2CCc3[nH]ncc3C2)c(C)n1. The molecule has 6 heteroatoms. The summed E-state index contributed by atoms with van der Waals surface area (Å²) in [4.78, 5) is 16.4. The van der Waals surface area contributed by atoms with Crippen LogP contribution in [0.15, 0.2) is 18.3 Å². The molecule has 2 heterocycles. The Balaban J connectivity index is 1.60. The molecule has 0 aliphatic heterocycles. The minimum Gasteiger partial charge on any atom is -0.335 e. The highest BCUT2D eigenvalue weighted by atomic mass is 16.2. The molecular formula is C15H19N5O. The van der Waals surface area contributed by atoms with Crippen LogP contribution in [-0.4, -0.2) is 27.3 Å². The first-order valence-corrected chi connectivity index (χ1v) is 7.14. The average Bonchev–Trinajstić information content (AvgIpc) is 2.89. The Morgan fingerprint density at radius 3 is 3.05 bits per heavy atom. The maximum absolute atomic E-state index is 12.1. The number of fused-ring (bicyclic) bond motifs is 1. The van der Waals surface area contributed by atoms with E-state index in [0.29, 0.717) is 0 Å². The van der Waals surface area contributed by atoms with Crippen LogP contribution in [-0.2, 0) is 12.8 Å². The van der Waals surface area contributed by atoms with Crippen LogP contribution in [0.4, 0.5) is 10.5 Å². The molecule has 0 fully saturated rings. The fourth-order valence-electron chi connectivity index (χ4n) is 2.70. The molecule has 1 atom stereocenters. The fourth-order valence-corrected chi connectivity index (χ4v) is 2.70. The second-order valence-electron chi connectivity index (χ2n) is 5.50. The summed E-state index contributed by atoms with van der Waals surface area (Å²) in [5.41, 5.74) is 4.90. The number of carbonyl (C=O) groups excluding carboxylic acids is 1. The number of urea groups is 1. The lowest BCUT2D eigenvalue weighted by atomic mass is 9.94. The number of hydrogen-bond acceptors (Lipinski definition) is 3. The van der Waals surface area contributed by atoms with E-state index < -0.39 is 0 Å². The van der Waals surface area contributed by atoms with Gasteiger partial charge in [0.25, 0.3) is 0 Å². The minimum absolute atomic E-state index is 0.147. The van der Waals surface area contributed by atoms with Crippen LogP contribution in [0, 0.1) is 13.8 Å². The van der Waals surface area contributed by atoms with Crippen LogP contribution in [0.25, 0.3) is 0 Å². The Labute approximate surface area is 123 Å². The number of aryl methyl sites for hydroxylation is 3. The van der Waals surface area contributed by atoms with Crippen LogP contribution in [0.3, 0.4) is 0 Å². The van der Waals surface area contributed by atoms with Gasteiger partial charge in [-0.25, -0.2) is 4.79 Å². The van der Waals surface area contributed by atoms with Gasteiger partial charge in [-0.15, -0.1) is 0 Å². The van der Waals surface area contributed by atoms with E-state index in [-0.39, 0.29) is 12.1 Å². The summed E-state index contributed by atoms with van der Waals surface area (Å²) in [6, 6.07) is 3.74. The Hall–Kier alpha value is -2.37. The highest BCUT2D eigenvalue weighted by molar-refractivity contribution is 5.90. The van der Waals surface area contributed by atoms with Gasteiger partial charge >= 0.3 is 6.03 Å².